The molecule has 3 aliphatic heterocycles. The Labute approximate surface area is 158 Å². The summed E-state index contributed by atoms with van der Waals surface area (Å²) in [5, 5.41) is 8.71. The molecule has 0 aliphatic carbocycles. The molecule has 0 spiro atoms. The van der Waals surface area contributed by atoms with Crippen molar-refractivity contribution in [2.45, 2.75) is 25.4 Å². The zero-order valence-electron chi connectivity index (χ0n) is 15.5. The first kappa shape index (κ1) is 18.3. The van der Waals surface area contributed by atoms with Gasteiger partial charge in [-0.15, -0.1) is 0 Å². The summed E-state index contributed by atoms with van der Waals surface area (Å²) < 4.78 is 27.9. The molecule has 9 nitrogen and oxygen atoms in total. The van der Waals surface area contributed by atoms with Crippen molar-refractivity contribution in [3.63, 3.8) is 0 Å². The number of nitrogens with zero attached hydrogens (tertiary/aromatic N) is 6. The Balaban J connectivity index is 1.51. The first-order valence-corrected chi connectivity index (χ1v) is 10.5. The van der Waals surface area contributed by atoms with Gasteiger partial charge in [0.1, 0.15) is 17.6 Å². The molecule has 2 bridgehead atoms. The van der Waals surface area contributed by atoms with Gasteiger partial charge in [-0.05, 0) is 30.9 Å². The quantitative estimate of drug-likeness (QED) is 0.739. The molecule has 3 saturated heterocycles. The van der Waals surface area contributed by atoms with E-state index in [2.05, 4.69) is 10.2 Å². The minimum atomic E-state index is -3.48. The van der Waals surface area contributed by atoms with E-state index in [1.54, 1.807) is 14.1 Å². The molecule has 0 unspecified atom stereocenters. The zero-order chi connectivity index (χ0) is 19.2. The van der Waals surface area contributed by atoms with Crippen LogP contribution < -0.4 is 0 Å². The molecule has 0 N–H and O–H groups in total. The SMILES string of the molecule is CN(C)S(=O)(=O)N1C[C@H]2CC[C@@H](C1)N(C(=O)Cn1nc3ccccc3n1)C2. The smallest absolute Gasteiger partial charge is 0.281 e. The molecule has 0 radical (unpaired) electrons. The summed E-state index contributed by atoms with van der Waals surface area (Å²) in [4.78, 5) is 16.2. The fourth-order valence-electron chi connectivity index (χ4n) is 3.95. The highest BCUT2D eigenvalue weighted by Crippen LogP contribution is 2.30. The Morgan fingerprint density at radius 1 is 1.11 bits per heavy atom. The van der Waals surface area contributed by atoms with Gasteiger partial charge in [0, 0.05) is 39.8 Å². The maximum atomic E-state index is 12.9. The zero-order valence-corrected chi connectivity index (χ0v) is 16.3. The Hall–Kier alpha value is -2.04. The van der Waals surface area contributed by atoms with Gasteiger partial charge in [0.25, 0.3) is 10.2 Å². The van der Waals surface area contributed by atoms with E-state index >= 15 is 0 Å². The molecule has 146 valence electrons. The van der Waals surface area contributed by atoms with Crippen LogP contribution >= 0.6 is 0 Å². The average Bonchev–Trinajstić information content (AvgIpc) is 2.80. The number of carbonyl (C=O) groups excluding carboxylic acids is 1. The third kappa shape index (κ3) is 3.44. The van der Waals surface area contributed by atoms with Crippen molar-refractivity contribution < 1.29 is 13.2 Å². The Morgan fingerprint density at radius 2 is 1.78 bits per heavy atom. The van der Waals surface area contributed by atoms with E-state index in [4.69, 9.17) is 0 Å². The van der Waals surface area contributed by atoms with Crippen molar-refractivity contribution in [3.05, 3.63) is 24.3 Å². The minimum Gasteiger partial charge on any atom is -0.336 e. The predicted octanol–water partition coefficient (Wildman–Crippen LogP) is 0.161. The molecule has 1 aromatic heterocycles. The lowest BCUT2D eigenvalue weighted by molar-refractivity contribution is -0.136. The highest BCUT2D eigenvalue weighted by atomic mass is 32.2. The van der Waals surface area contributed by atoms with E-state index in [0.717, 1.165) is 23.9 Å². The summed E-state index contributed by atoms with van der Waals surface area (Å²) in [6.07, 6.45) is 1.77. The van der Waals surface area contributed by atoms with Gasteiger partial charge in [-0.2, -0.15) is 32.0 Å². The summed E-state index contributed by atoms with van der Waals surface area (Å²) in [6, 6.07) is 7.39. The molecule has 3 aliphatic rings. The van der Waals surface area contributed by atoms with E-state index in [1.165, 1.54) is 13.4 Å². The Morgan fingerprint density at radius 3 is 2.41 bits per heavy atom. The van der Waals surface area contributed by atoms with Crippen LogP contribution in [0.4, 0.5) is 0 Å². The maximum absolute atomic E-state index is 12.9. The summed E-state index contributed by atoms with van der Waals surface area (Å²) in [7, 11) is -0.394. The lowest BCUT2D eigenvalue weighted by Gasteiger charge is -2.36. The van der Waals surface area contributed by atoms with Crippen LogP contribution in [0.25, 0.3) is 11.0 Å². The lowest BCUT2D eigenvalue weighted by atomic mass is 9.95. The molecule has 5 rings (SSSR count). The summed E-state index contributed by atoms with van der Waals surface area (Å²) in [5.41, 5.74) is 1.51. The molecule has 3 fully saturated rings. The number of carbonyl (C=O) groups is 1. The molecule has 4 heterocycles. The van der Waals surface area contributed by atoms with Crippen LogP contribution in [0, 0.1) is 5.92 Å². The normalized spacial score (nSPS) is 23.9. The number of benzene rings is 1. The average molecular weight is 392 g/mol. The van der Waals surface area contributed by atoms with Gasteiger partial charge in [0.15, 0.2) is 0 Å². The van der Waals surface area contributed by atoms with Crippen molar-refractivity contribution >= 4 is 27.1 Å². The molecular formula is C17H24N6O3S. The second-order valence-corrected chi connectivity index (χ2v) is 9.61. The van der Waals surface area contributed by atoms with Gasteiger partial charge in [0.2, 0.25) is 5.91 Å². The number of fused-ring (bicyclic) bond motifs is 5. The van der Waals surface area contributed by atoms with Crippen molar-refractivity contribution in [3.8, 4) is 0 Å². The molecule has 2 aromatic rings. The van der Waals surface area contributed by atoms with Gasteiger partial charge in [-0.3, -0.25) is 4.79 Å². The number of hydrogen-bond acceptors (Lipinski definition) is 5. The Bertz CT molecular complexity index is 923. The Kier molecular flexibility index (Phi) is 4.65. The number of aromatic nitrogens is 3. The van der Waals surface area contributed by atoms with Crippen molar-refractivity contribution in [2.75, 3.05) is 33.7 Å². The predicted molar refractivity (Wildman–Crippen MR) is 99.9 cm³/mol. The van der Waals surface area contributed by atoms with Gasteiger partial charge in [-0.1, -0.05) is 12.1 Å². The van der Waals surface area contributed by atoms with E-state index in [-0.39, 0.29) is 24.4 Å². The molecule has 0 saturated carbocycles. The van der Waals surface area contributed by atoms with Crippen LogP contribution in [0.5, 0.6) is 0 Å². The second kappa shape index (κ2) is 6.84. The molecule has 10 heteroatoms. The number of piperidine rings is 1. The summed E-state index contributed by atoms with van der Waals surface area (Å²) >= 11 is 0. The van der Waals surface area contributed by atoms with E-state index in [1.807, 2.05) is 29.2 Å². The van der Waals surface area contributed by atoms with Crippen molar-refractivity contribution in [1.82, 2.24) is 28.5 Å². The third-order valence-corrected chi connectivity index (χ3v) is 7.27. The van der Waals surface area contributed by atoms with Crippen LogP contribution in [-0.2, 0) is 21.5 Å². The standard InChI is InChI=1S/C17H24N6O3S/c1-20(2)27(25,26)21-9-13-7-8-14(11-21)22(10-13)17(24)12-23-18-15-5-3-4-6-16(15)19-23/h3-6,13-14H,7-12H2,1-2H3/t13-,14+/m1/s1. The largest absolute Gasteiger partial charge is 0.336 e. The first-order chi connectivity index (χ1) is 12.8. The van der Waals surface area contributed by atoms with Crippen LogP contribution in [0.3, 0.4) is 0 Å². The number of amides is 1. The molecule has 1 amide bonds. The lowest BCUT2D eigenvalue weighted by Crippen LogP contribution is -2.49. The highest BCUT2D eigenvalue weighted by Gasteiger charge is 2.41. The topological polar surface area (TPSA) is 91.6 Å². The van der Waals surface area contributed by atoms with Gasteiger partial charge < -0.3 is 4.90 Å². The van der Waals surface area contributed by atoms with E-state index in [0.29, 0.717) is 19.6 Å². The third-order valence-electron chi connectivity index (χ3n) is 5.39. The second-order valence-electron chi connectivity index (χ2n) is 7.47. The van der Waals surface area contributed by atoms with Crippen LogP contribution in [0.2, 0.25) is 0 Å². The number of rotatable bonds is 4. The summed E-state index contributed by atoms with van der Waals surface area (Å²) in [5.74, 6) is 0.0983. The summed E-state index contributed by atoms with van der Waals surface area (Å²) in [6.45, 7) is 1.46. The minimum absolute atomic E-state index is 0.0610. The van der Waals surface area contributed by atoms with Crippen molar-refractivity contribution in [1.29, 1.82) is 0 Å². The van der Waals surface area contributed by atoms with Gasteiger partial charge in [-0.25, -0.2) is 0 Å². The fourth-order valence-corrected chi connectivity index (χ4v) is 5.17. The van der Waals surface area contributed by atoms with Gasteiger partial charge in [0.05, 0.1) is 0 Å². The fraction of sp³-hybridized carbons (Fsp3) is 0.588. The maximum Gasteiger partial charge on any atom is 0.281 e. The van der Waals surface area contributed by atoms with Crippen LogP contribution in [0.15, 0.2) is 24.3 Å². The molecule has 1 aromatic carbocycles. The first-order valence-electron chi connectivity index (χ1n) is 9.11. The highest BCUT2D eigenvalue weighted by molar-refractivity contribution is 7.86. The van der Waals surface area contributed by atoms with E-state index in [9.17, 15) is 13.2 Å². The van der Waals surface area contributed by atoms with Crippen LogP contribution in [0.1, 0.15) is 12.8 Å². The van der Waals surface area contributed by atoms with Crippen LogP contribution in [-0.4, -0.2) is 82.6 Å². The molecule has 2 atom stereocenters. The molecular weight excluding hydrogens is 368 g/mol. The van der Waals surface area contributed by atoms with Crippen molar-refractivity contribution in [2.24, 2.45) is 5.92 Å². The van der Waals surface area contributed by atoms with E-state index < -0.39 is 10.2 Å². The monoisotopic (exact) mass is 392 g/mol. The van der Waals surface area contributed by atoms with Gasteiger partial charge >= 0.3 is 0 Å². The number of hydrogen-bond donors (Lipinski definition) is 0. The molecule has 27 heavy (non-hydrogen) atoms.